The number of carbonyl (C=O) groups is 1. The number of rotatable bonds is 2. The van der Waals surface area contributed by atoms with Crippen LogP contribution in [0.5, 0.6) is 0 Å². The fourth-order valence-corrected chi connectivity index (χ4v) is 2.80. The normalized spacial score (nSPS) is 20.0. The molecule has 7 heteroatoms. The van der Waals surface area contributed by atoms with Crippen molar-refractivity contribution in [2.75, 3.05) is 11.9 Å². The SMILES string of the molecule is Cc1noc(NC(=O)N2CC(C)(C)[C@H]2c2ccncc2)n1. The third kappa shape index (κ3) is 2.46. The van der Waals surface area contributed by atoms with E-state index < -0.39 is 0 Å². The first-order valence-electron chi connectivity index (χ1n) is 6.75. The second-order valence-electron chi connectivity index (χ2n) is 5.88. The molecule has 2 aromatic heterocycles. The Morgan fingerprint density at radius 2 is 2.14 bits per heavy atom. The van der Waals surface area contributed by atoms with Crippen LogP contribution in [-0.4, -0.2) is 32.6 Å². The number of hydrogen-bond donors (Lipinski definition) is 1. The van der Waals surface area contributed by atoms with Crippen LogP contribution in [0, 0.1) is 12.3 Å². The standard InChI is InChI=1S/C14H17N5O2/c1-9-16-12(21-18-9)17-13(20)19-8-14(2,3)11(19)10-4-6-15-7-5-10/h4-7,11H,8H2,1-3H3,(H,16,17,18,20)/t11-/m1/s1. The fourth-order valence-electron chi connectivity index (χ4n) is 2.80. The number of aromatic nitrogens is 3. The van der Waals surface area contributed by atoms with Crippen LogP contribution in [0.3, 0.4) is 0 Å². The van der Waals surface area contributed by atoms with Crippen molar-refractivity contribution < 1.29 is 9.32 Å². The average Bonchev–Trinajstić information content (AvgIpc) is 2.83. The minimum atomic E-state index is -0.236. The van der Waals surface area contributed by atoms with Gasteiger partial charge in [-0.25, -0.2) is 4.79 Å². The van der Waals surface area contributed by atoms with E-state index in [1.54, 1.807) is 24.2 Å². The predicted molar refractivity (Wildman–Crippen MR) is 75.5 cm³/mol. The summed E-state index contributed by atoms with van der Waals surface area (Å²) in [6, 6.07) is 3.76. The molecule has 7 nitrogen and oxygen atoms in total. The van der Waals surface area contributed by atoms with Gasteiger partial charge in [0.15, 0.2) is 5.82 Å². The third-order valence-electron chi connectivity index (χ3n) is 3.65. The number of urea groups is 1. The Labute approximate surface area is 122 Å². The van der Waals surface area contributed by atoms with Gasteiger partial charge >= 0.3 is 12.0 Å². The maximum Gasteiger partial charge on any atom is 0.329 e. The number of carbonyl (C=O) groups excluding carboxylic acids is 1. The smallest absolute Gasteiger partial charge is 0.316 e. The lowest BCUT2D eigenvalue weighted by molar-refractivity contribution is -0.0117. The highest BCUT2D eigenvalue weighted by molar-refractivity contribution is 5.88. The molecule has 1 N–H and O–H groups in total. The molecular weight excluding hydrogens is 270 g/mol. The van der Waals surface area contributed by atoms with Crippen LogP contribution in [-0.2, 0) is 0 Å². The van der Waals surface area contributed by atoms with Gasteiger partial charge in [0, 0.05) is 24.4 Å². The zero-order valence-electron chi connectivity index (χ0n) is 12.2. The van der Waals surface area contributed by atoms with E-state index in [1.165, 1.54) is 0 Å². The van der Waals surface area contributed by atoms with E-state index in [1.807, 2.05) is 12.1 Å². The molecule has 0 bridgehead atoms. The van der Waals surface area contributed by atoms with Gasteiger partial charge in [0.1, 0.15) is 0 Å². The van der Waals surface area contributed by atoms with Crippen molar-refractivity contribution in [3.05, 3.63) is 35.9 Å². The maximum atomic E-state index is 12.3. The molecule has 2 amide bonds. The Bertz CT molecular complexity index is 652. The summed E-state index contributed by atoms with van der Waals surface area (Å²) in [4.78, 5) is 22.1. The minimum absolute atomic E-state index is 0.00418. The van der Waals surface area contributed by atoms with Crippen LogP contribution >= 0.6 is 0 Å². The van der Waals surface area contributed by atoms with Gasteiger partial charge in [-0.2, -0.15) is 4.98 Å². The van der Waals surface area contributed by atoms with Crippen LogP contribution in [0.2, 0.25) is 0 Å². The van der Waals surface area contributed by atoms with E-state index in [4.69, 9.17) is 4.52 Å². The Morgan fingerprint density at radius 3 is 2.71 bits per heavy atom. The quantitative estimate of drug-likeness (QED) is 0.916. The van der Waals surface area contributed by atoms with Crippen LogP contribution in [0.25, 0.3) is 0 Å². The Hall–Kier alpha value is -2.44. The molecule has 0 unspecified atom stereocenters. The molecule has 1 fully saturated rings. The lowest BCUT2D eigenvalue weighted by Gasteiger charge is -2.54. The molecule has 1 saturated heterocycles. The van der Waals surface area contributed by atoms with Crippen molar-refractivity contribution in [2.45, 2.75) is 26.8 Å². The molecule has 0 spiro atoms. The van der Waals surface area contributed by atoms with Crippen molar-refractivity contribution in [2.24, 2.45) is 5.41 Å². The minimum Gasteiger partial charge on any atom is -0.316 e. The van der Waals surface area contributed by atoms with E-state index in [2.05, 4.69) is 34.3 Å². The van der Waals surface area contributed by atoms with Crippen molar-refractivity contribution in [3.63, 3.8) is 0 Å². The first-order valence-corrected chi connectivity index (χ1v) is 6.75. The summed E-state index contributed by atoms with van der Waals surface area (Å²) < 4.78 is 4.92. The van der Waals surface area contributed by atoms with E-state index in [-0.39, 0.29) is 23.5 Å². The summed E-state index contributed by atoms with van der Waals surface area (Å²) in [7, 11) is 0. The zero-order chi connectivity index (χ0) is 15.0. The first kappa shape index (κ1) is 13.5. The van der Waals surface area contributed by atoms with Gasteiger partial charge in [-0.3, -0.25) is 10.3 Å². The lowest BCUT2D eigenvalue weighted by Crippen LogP contribution is -2.59. The second-order valence-corrected chi connectivity index (χ2v) is 5.88. The number of anilines is 1. The Morgan fingerprint density at radius 1 is 1.43 bits per heavy atom. The van der Waals surface area contributed by atoms with Gasteiger partial charge in [-0.05, 0) is 24.6 Å². The van der Waals surface area contributed by atoms with Crippen LogP contribution in [0.1, 0.15) is 31.3 Å². The van der Waals surface area contributed by atoms with Crippen molar-refractivity contribution in [1.29, 1.82) is 0 Å². The van der Waals surface area contributed by atoms with Crippen molar-refractivity contribution in [1.82, 2.24) is 20.0 Å². The molecule has 3 heterocycles. The molecule has 0 aliphatic carbocycles. The molecule has 0 radical (unpaired) electrons. The van der Waals surface area contributed by atoms with Crippen LogP contribution < -0.4 is 5.32 Å². The molecular formula is C14H17N5O2. The molecule has 0 aromatic carbocycles. The van der Waals surface area contributed by atoms with E-state index >= 15 is 0 Å². The summed E-state index contributed by atoms with van der Waals surface area (Å²) in [5.74, 6) is 0.486. The molecule has 0 saturated carbocycles. The summed E-state index contributed by atoms with van der Waals surface area (Å²) in [5.41, 5.74) is 1.09. The number of aryl methyl sites for hydroxylation is 1. The molecule has 2 aromatic rings. The topological polar surface area (TPSA) is 84.2 Å². The van der Waals surface area contributed by atoms with Gasteiger partial charge < -0.3 is 9.42 Å². The fraction of sp³-hybridized carbons (Fsp3) is 0.429. The molecule has 1 atom stereocenters. The molecule has 3 rings (SSSR count). The summed E-state index contributed by atoms with van der Waals surface area (Å²) in [6.07, 6.45) is 3.47. The largest absolute Gasteiger partial charge is 0.329 e. The third-order valence-corrected chi connectivity index (χ3v) is 3.65. The maximum absolute atomic E-state index is 12.3. The number of hydrogen-bond acceptors (Lipinski definition) is 5. The molecule has 1 aliphatic rings. The number of pyridine rings is 1. The van der Waals surface area contributed by atoms with Gasteiger partial charge in [0.25, 0.3) is 0 Å². The van der Waals surface area contributed by atoms with E-state index in [0.717, 1.165) is 5.56 Å². The van der Waals surface area contributed by atoms with Gasteiger partial charge in [-0.15, -0.1) is 0 Å². The molecule has 1 aliphatic heterocycles. The van der Waals surface area contributed by atoms with Crippen molar-refractivity contribution >= 4 is 12.0 Å². The van der Waals surface area contributed by atoms with E-state index in [9.17, 15) is 4.79 Å². The highest BCUT2D eigenvalue weighted by Gasteiger charge is 2.49. The Balaban J connectivity index is 1.77. The average molecular weight is 287 g/mol. The zero-order valence-corrected chi connectivity index (χ0v) is 12.2. The summed E-state index contributed by atoms with van der Waals surface area (Å²) in [6.45, 7) is 6.64. The Kier molecular flexibility index (Phi) is 3.12. The van der Waals surface area contributed by atoms with E-state index in [0.29, 0.717) is 12.4 Å². The number of nitrogens with one attached hydrogen (secondary N) is 1. The van der Waals surface area contributed by atoms with Crippen LogP contribution in [0.15, 0.2) is 29.0 Å². The first-order chi connectivity index (χ1) is 9.97. The van der Waals surface area contributed by atoms with Gasteiger partial charge in [0.05, 0.1) is 6.04 Å². The van der Waals surface area contributed by atoms with Gasteiger partial charge in [-0.1, -0.05) is 19.0 Å². The highest BCUT2D eigenvalue weighted by Crippen LogP contribution is 2.48. The molecule has 21 heavy (non-hydrogen) atoms. The van der Waals surface area contributed by atoms with Crippen LogP contribution in [0.4, 0.5) is 10.8 Å². The highest BCUT2D eigenvalue weighted by atomic mass is 16.5. The summed E-state index contributed by atoms with van der Waals surface area (Å²) >= 11 is 0. The second kappa shape index (κ2) is 4.83. The monoisotopic (exact) mass is 287 g/mol. The lowest BCUT2D eigenvalue weighted by atomic mass is 9.72. The predicted octanol–water partition coefficient (Wildman–Crippen LogP) is 2.39. The van der Waals surface area contributed by atoms with Crippen molar-refractivity contribution in [3.8, 4) is 0 Å². The number of likely N-dealkylation sites (tertiary alicyclic amines) is 1. The summed E-state index contributed by atoms with van der Waals surface area (Å²) in [5, 5.41) is 6.28. The molecule has 110 valence electrons. The number of nitrogens with zero attached hydrogens (tertiary/aromatic N) is 4. The number of amides is 2. The van der Waals surface area contributed by atoms with Gasteiger partial charge in [0.2, 0.25) is 0 Å².